The SMILES string of the molecule is C=NCCNc1nc(OCC(CC(F)F)CN2CCOCC2)nc2c(F)c(-c3cc(N)c(F)c(C)c3C(F)(F)F)nc(OC(C)CC)c12.CC.CC. The summed E-state index contributed by atoms with van der Waals surface area (Å²) >= 11 is 0. The molecule has 2 aromatic heterocycles. The number of nitrogens with two attached hydrogens (primary N) is 1. The molecule has 0 saturated carbocycles. The van der Waals surface area contributed by atoms with E-state index in [1.807, 2.05) is 32.6 Å². The summed E-state index contributed by atoms with van der Waals surface area (Å²) in [6, 6.07) is 0.220. The standard InChI is InChI=1S/C31H38F7N7O3.2C2H6/c1-5-16(2)48-29-22-27(25(35)26(42-29)19-13-20(39)24(34)17(3)23(19)31(36,37)38)43-30(44-28(22)41-7-6-40-4)47-15-18(12-21(32)33)14-45-8-10-46-11-9-45;2*1-2/h13,16,18,21H,4-12,14-15,39H2,1-3H3,(H,41,43,44);2*1-2H3. The molecule has 3 N–H and O–H groups in total. The minimum absolute atomic E-state index is 0.0562. The predicted molar refractivity (Wildman–Crippen MR) is 190 cm³/mol. The van der Waals surface area contributed by atoms with E-state index < -0.39 is 82.3 Å². The first-order valence-electron chi connectivity index (χ1n) is 17.4. The average Bonchev–Trinajstić information content (AvgIpc) is 3.11. The van der Waals surface area contributed by atoms with Crippen molar-refractivity contribution in [2.45, 2.75) is 80.0 Å². The molecule has 3 heterocycles. The number of pyridine rings is 1. The molecule has 2 unspecified atom stereocenters. The van der Waals surface area contributed by atoms with E-state index >= 15 is 4.39 Å². The number of rotatable bonds is 15. The lowest BCUT2D eigenvalue weighted by Crippen LogP contribution is -2.41. The van der Waals surface area contributed by atoms with Crippen molar-refractivity contribution in [2.24, 2.45) is 10.9 Å². The van der Waals surface area contributed by atoms with Crippen LogP contribution >= 0.6 is 0 Å². The topological polar surface area (TPSA) is 120 Å². The fraction of sp³-hybridized carbons (Fsp3) is 0.600. The minimum atomic E-state index is -5.13. The van der Waals surface area contributed by atoms with Crippen molar-refractivity contribution in [1.82, 2.24) is 19.9 Å². The largest absolute Gasteiger partial charge is 0.474 e. The van der Waals surface area contributed by atoms with Crippen LogP contribution in [-0.2, 0) is 10.9 Å². The molecule has 1 aromatic carbocycles. The summed E-state index contributed by atoms with van der Waals surface area (Å²) in [7, 11) is 0. The summed E-state index contributed by atoms with van der Waals surface area (Å²) in [5.41, 5.74) is 0.499. The summed E-state index contributed by atoms with van der Waals surface area (Å²) in [6.07, 6.45) is -8.37. The van der Waals surface area contributed by atoms with Crippen LogP contribution in [0, 0.1) is 24.5 Å². The summed E-state index contributed by atoms with van der Waals surface area (Å²) in [5, 5.41) is 2.83. The van der Waals surface area contributed by atoms with Crippen LogP contribution in [0.25, 0.3) is 22.2 Å². The third-order valence-electron chi connectivity index (χ3n) is 7.83. The van der Waals surface area contributed by atoms with Gasteiger partial charge >= 0.3 is 12.2 Å². The molecule has 0 radical (unpaired) electrons. The van der Waals surface area contributed by atoms with E-state index in [0.717, 1.165) is 6.92 Å². The first-order valence-corrected chi connectivity index (χ1v) is 17.4. The van der Waals surface area contributed by atoms with Gasteiger partial charge in [0.25, 0.3) is 0 Å². The Kier molecular flexibility index (Phi) is 17.8. The van der Waals surface area contributed by atoms with E-state index in [0.29, 0.717) is 38.8 Å². The summed E-state index contributed by atoms with van der Waals surface area (Å²) in [6.45, 7) is 18.1. The van der Waals surface area contributed by atoms with Gasteiger partial charge in [0.15, 0.2) is 5.82 Å². The number of halogens is 7. The Labute approximate surface area is 300 Å². The number of aromatic nitrogens is 3. The normalized spacial score (nSPS) is 14.5. The number of hydrogen-bond donors (Lipinski definition) is 2. The van der Waals surface area contributed by atoms with Crippen LogP contribution in [0.1, 0.15) is 65.5 Å². The molecule has 292 valence electrons. The monoisotopic (exact) mass is 749 g/mol. The number of anilines is 2. The zero-order valence-electron chi connectivity index (χ0n) is 30.8. The number of benzene rings is 1. The lowest BCUT2D eigenvalue weighted by atomic mass is 9.96. The third-order valence-corrected chi connectivity index (χ3v) is 7.83. The zero-order valence-corrected chi connectivity index (χ0v) is 30.8. The molecule has 4 rings (SSSR count). The highest BCUT2D eigenvalue weighted by Gasteiger charge is 2.39. The highest BCUT2D eigenvalue weighted by molar-refractivity contribution is 5.96. The molecule has 10 nitrogen and oxygen atoms in total. The van der Waals surface area contributed by atoms with Gasteiger partial charge < -0.3 is 25.3 Å². The van der Waals surface area contributed by atoms with Crippen LogP contribution in [-0.4, -0.2) is 91.6 Å². The average molecular weight is 750 g/mol. The molecule has 0 aliphatic carbocycles. The number of nitrogens with one attached hydrogen (secondary N) is 1. The molecule has 1 aliphatic rings. The number of nitrogens with zero attached hydrogens (tertiary/aromatic N) is 5. The number of nitrogen functional groups attached to an aromatic ring is 1. The number of fused-ring (bicyclic) bond motifs is 1. The lowest BCUT2D eigenvalue weighted by molar-refractivity contribution is -0.137. The summed E-state index contributed by atoms with van der Waals surface area (Å²) < 4.78 is 118. The Morgan fingerprint density at radius 2 is 1.73 bits per heavy atom. The first kappa shape index (κ1) is 44.2. The molecule has 0 bridgehead atoms. The van der Waals surface area contributed by atoms with Gasteiger partial charge in [0.2, 0.25) is 12.3 Å². The van der Waals surface area contributed by atoms with E-state index in [1.165, 1.54) is 0 Å². The van der Waals surface area contributed by atoms with E-state index in [-0.39, 0.29) is 43.3 Å². The molecular weight excluding hydrogens is 699 g/mol. The number of hydrogen-bond acceptors (Lipinski definition) is 10. The number of aliphatic imine (C=N–C) groups is 1. The quantitative estimate of drug-likeness (QED) is 0.0686. The maximum Gasteiger partial charge on any atom is 0.417 e. The van der Waals surface area contributed by atoms with Crippen molar-refractivity contribution in [3.05, 3.63) is 28.8 Å². The van der Waals surface area contributed by atoms with Gasteiger partial charge in [-0.25, -0.2) is 22.5 Å². The third kappa shape index (κ3) is 11.5. The number of ether oxygens (including phenoxy) is 3. The molecule has 0 amide bonds. The van der Waals surface area contributed by atoms with Gasteiger partial charge in [-0.1, -0.05) is 34.6 Å². The van der Waals surface area contributed by atoms with E-state index in [1.54, 1.807) is 13.8 Å². The second-order valence-corrected chi connectivity index (χ2v) is 11.4. The molecule has 52 heavy (non-hydrogen) atoms. The molecule has 17 heteroatoms. The number of alkyl halides is 5. The van der Waals surface area contributed by atoms with E-state index in [2.05, 4.69) is 32.0 Å². The van der Waals surface area contributed by atoms with Crippen LogP contribution < -0.4 is 20.5 Å². The van der Waals surface area contributed by atoms with Crippen molar-refractivity contribution in [2.75, 3.05) is 63.6 Å². The van der Waals surface area contributed by atoms with Gasteiger partial charge in [-0.05, 0) is 38.6 Å². The summed E-state index contributed by atoms with van der Waals surface area (Å²) in [4.78, 5) is 18.4. The van der Waals surface area contributed by atoms with Crippen LogP contribution in [0.15, 0.2) is 11.1 Å². The molecular formula is C35H50F7N7O3. The highest BCUT2D eigenvalue weighted by atomic mass is 19.4. The number of morpholine rings is 1. The van der Waals surface area contributed by atoms with Crippen LogP contribution in [0.3, 0.4) is 0 Å². The van der Waals surface area contributed by atoms with Gasteiger partial charge in [-0.15, -0.1) is 0 Å². The van der Waals surface area contributed by atoms with Crippen molar-refractivity contribution in [3.63, 3.8) is 0 Å². The molecule has 0 spiro atoms. The van der Waals surface area contributed by atoms with Gasteiger partial charge in [0.05, 0.1) is 43.7 Å². The molecule has 2 atom stereocenters. The van der Waals surface area contributed by atoms with Gasteiger partial charge in [-0.2, -0.15) is 23.1 Å². The Morgan fingerprint density at radius 3 is 2.31 bits per heavy atom. The second kappa shape index (κ2) is 20.9. The predicted octanol–water partition coefficient (Wildman–Crippen LogP) is 8.20. The van der Waals surface area contributed by atoms with E-state index in [4.69, 9.17) is 19.9 Å². The maximum absolute atomic E-state index is 16.6. The van der Waals surface area contributed by atoms with Crippen molar-refractivity contribution in [3.8, 4) is 23.1 Å². The fourth-order valence-electron chi connectivity index (χ4n) is 5.26. The van der Waals surface area contributed by atoms with Crippen LogP contribution in [0.5, 0.6) is 11.9 Å². The van der Waals surface area contributed by atoms with Crippen molar-refractivity contribution < 1.29 is 44.9 Å². The second-order valence-electron chi connectivity index (χ2n) is 11.4. The Hall–Kier alpha value is -3.99. The van der Waals surface area contributed by atoms with Gasteiger partial charge in [0.1, 0.15) is 28.2 Å². The fourth-order valence-corrected chi connectivity index (χ4v) is 5.26. The van der Waals surface area contributed by atoms with Gasteiger partial charge in [0, 0.05) is 44.1 Å². The van der Waals surface area contributed by atoms with E-state index in [9.17, 15) is 26.3 Å². The van der Waals surface area contributed by atoms with Crippen molar-refractivity contribution in [1.29, 1.82) is 0 Å². The van der Waals surface area contributed by atoms with Crippen LogP contribution in [0.4, 0.5) is 42.2 Å². The maximum atomic E-state index is 16.6. The first-order chi connectivity index (χ1) is 24.7. The minimum Gasteiger partial charge on any atom is -0.474 e. The highest BCUT2D eigenvalue weighted by Crippen LogP contribution is 2.44. The lowest BCUT2D eigenvalue weighted by Gasteiger charge is -2.30. The molecule has 1 saturated heterocycles. The molecule has 1 fully saturated rings. The smallest absolute Gasteiger partial charge is 0.417 e. The zero-order chi connectivity index (χ0) is 39.2. The Balaban J connectivity index is 0.00000226. The summed E-state index contributed by atoms with van der Waals surface area (Å²) in [5.74, 6) is -3.68. The van der Waals surface area contributed by atoms with Gasteiger partial charge in [-0.3, -0.25) is 9.89 Å². The molecule has 1 aliphatic heterocycles. The van der Waals surface area contributed by atoms with Crippen LogP contribution in [0.2, 0.25) is 0 Å². The Bertz CT molecular complexity index is 1590. The van der Waals surface area contributed by atoms with Crippen molar-refractivity contribution >= 4 is 29.1 Å². The molecule has 3 aromatic rings. The Morgan fingerprint density at radius 1 is 1.08 bits per heavy atom.